The van der Waals surface area contributed by atoms with Crippen LogP contribution < -0.4 is 20.9 Å². The molecule has 0 aliphatic carbocycles. The summed E-state index contributed by atoms with van der Waals surface area (Å²) in [5, 5.41) is 5.70. The van der Waals surface area contributed by atoms with Crippen LogP contribution in [0, 0.1) is 20.8 Å². The summed E-state index contributed by atoms with van der Waals surface area (Å²) in [6.45, 7) is 5.97. The minimum absolute atomic E-state index is 0.0942. The van der Waals surface area contributed by atoms with E-state index in [0.717, 1.165) is 22.4 Å². The molecule has 0 bridgehead atoms. The number of nitrogens with zero attached hydrogens (tertiary/aromatic N) is 2. The number of amides is 2. The third-order valence-electron chi connectivity index (χ3n) is 5.22. The Morgan fingerprint density at radius 3 is 2.56 bits per heavy atom. The Labute approximate surface area is 185 Å². The van der Waals surface area contributed by atoms with E-state index in [1.165, 1.54) is 10.5 Å². The van der Waals surface area contributed by atoms with Crippen molar-refractivity contribution in [2.75, 3.05) is 10.6 Å². The number of aryl methyl sites for hydroxylation is 2. The fourth-order valence-corrected chi connectivity index (χ4v) is 3.34. The second kappa shape index (κ2) is 8.93. The smallest absolute Gasteiger partial charge is 0.323 e. The number of ether oxygens (including phenoxy) is 1. The molecule has 2 aromatic carbocycles. The molecule has 0 atom stereocenters. The van der Waals surface area contributed by atoms with Crippen LogP contribution >= 0.6 is 0 Å². The Hall–Kier alpha value is -4.13. The molecule has 0 aliphatic heterocycles. The highest BCUT2D eigenvalue weighted by molar-refractivity contribution is 6.01. The van der Waals surface area contributed by atoms with E-state index >= 15 is 0 Å². The first kappa shape index (κ1) is 21.1. The zero-order valence-corrected chi connectivity index (χ0v) is 18.2. The number of rotatable bonds is 5. The third kappa shape index (κ3) is 4.62. The molecule has 162 valence electrons. The summed E-state index contributed by atoms with van der Waals surface area (Å²) < 4.78 is 7.40. The van der Waals surface area contributed by atoms with Crippen molar-refractivity contribution in [1.82, 2.24) is 9.38 Å². The average molecular weight is 428 g/mol. The lowest BCUT2D eigenvalue weighted by Crippen LogP contribution is -2.20. The number of hydrogen-bond donors (Lipinski definition) is 2. The second-order valence-electron chi connectivity index (χ2n) is 7.63. The van der Waals surface area contributed by atoms with E-state index in [4.69, 9.17) is 4.74 Å². The quantitative estimate of drug-likeness (QED) is 0.476. The first-order valence-electron chi connectivity index (χ1n) is 10.3. The number of carbonyl (C=O) groups is 1. The standard InChI is InChI=1S/C25H24N4O3/c1-16-11-12-23-26-19(13-24(30)29(23)14-16)15-32-22-10-5-4-8-21(22)28-25(31)27-20-9-6-7-17(2)18(20)3/h4-14H,15H2,1-3H3,(H2,27,28,31). The van der Waals surface area contributed by atoms with Crippen molar-refractivity contribution >= 4 is 23.1 Å². The van der Waals surface area contributed by atoms with Crippen LogP contribution in [-0.2, 0) is 6.61 Å². The molecule has 0 saturated heterocycles. The molecule has 0 aliphatic rings. The topological polar surface area (TPSA) is 84.7 Å². The van der Waals surface area contributed by atoms with Crippen LogP contribution in [0.15, 0.2) is 71.7 Å². The molecule has 7 nitrogen and oxygen atoms in total. The molecule has 0 fully saturated rings. The maximum absolute atomic E-state index is 12.6. The second-order valence-corrected chi connectivity index (χ2v) is 7.63. The van der Waals surface area contributed by atoms with Gasteiger partial charge in [0.15, 0.2) is 0 Å². The number of benzene rings is 2. The van der Waals surface area contributed by atoms with Gasteiger partial charge in [-0.3, -0.25) is 9.20 Å². The summed E-state index contributed by atoms with van der Waals surface area (Å²) in [7, 11) is 0. The molecule has 4 aromatic rings. The first-order valence-corrected chi connectivity index (χ1v) is 10.3. The molecule has 2 heterocycles. The highest BCUT2D eigenvalue weighted by atomic mass is 16.5. The molecule has 4 rings (SSSR count). The Morgan fingerprint density at radius 1 is 0.969 bits per heavy atom. The molecule has 0 saturated carbocycles. The molecule has 32 heavy (non-hydrogen) atoms. The highest BCUT2D eigenvalue weighted by Crippen LogP contribution is 2.25. The number of para-hydroxylation sites is 2. The highest BCUT2D eigenvalue weighted by Gasteiger charge is 2.11. The van der Waals surface area contributed by atoms with Crippen molar-refractivity contribution in [3.63, 3.8) is 0 Å². The van der Waals surface area contributed by atoms with Crippen LogP contribution in [-0.4, -0.2) is 15.4 Å². The maximum atomic E-state index is 12.6. The number of pyridine rings is 1. The third-order valence-corrected chi connectivity index (χ3v) is 5.22. The van der Waals surface area contributed by atoms with Crippen molar-refractivity contribution in [2.24, 2.45) is 0 Å². The van der Waals surface area contributed by atoms with Crippen LogP contribution in [0.4, 0.5) is 16.2 Å². The van der Waals surface area contributed by atoms with Crippen LogP contribution in [0.2, 0.25) is 0 Å². The number of urea groups is 1. The van der Waals surface area contributed by atoms with E-state index in [0.29, 0.717) is 22.8 Å². The van der Waals surface area contributed by atoms with Crippen molar-refractivity contribution in [3.8, 4) is 5.75 Å². The Balaban J connectivity index is 1.48. The van der Waals surface area contributed by atoms with E-state index in [9.17, 15) is 9.59 Å². The number of hydrogen-bond acceptors (Lipinski definition) is 4. The Morgan fingerprint density at radius 2 is 1.72 bits per heavy atom. The fraction of sp³-hybridized carbons (Fsp3) is 0.160. The lowest BCUT2D eigenvalue weighted by Gasteiger charge is -2.14. The fourth-order valence-electron chi connectivity index (χ4n) is 3.34. The molecule has 2 amide bonds. The average Bonchev–Trinajstić information content (AvgIpc) is 2.77. The van der Waals surface area contributed by atoms with E-state index in [1.807, 2.05) is 57.2 Å². The van der Waals surface area contributed by atoms with Crippen molar-refractivity contribution < 1.29 is 9.53 Å². The summed E-state index contributed by atoms with van der Waals surface area (Å²) in [5.74, 6) is 0.481. The molecular weight excluding hydrogens is 404 g/mol. The molecule has 0 radical (unpaired) electrons. The Kier molecular flexibility index (Phi) is 5.89. The van der Waals surface area contributed by atoms with Gasteiger partial charge in [-0.2, -0.15) is 0 Å². The zero-order chi connectivity index (χ0) is 22.7. The molecular formula is C25H24N4O3. The van der Waals surface area contributed by atoms with Crippen molar-refractivity contribution in [3.05, 3.63) is 99.6 Å². The van der Waals surface area contributed by atoms with Gasteiger partial charge in [-0.05, 0) is 61.7 Å². The van der Waals surface area contributed by atoms with Gasteiger partial charge >= 0.3 is 6.03 Å². The van der Waals surface area contributed by atoms with E-state index in [-0.39, 0.29) is 18.2 Å². The summed E-state index contributed by atoms with van der Waals surface area (Å²) in [4.78, 5) is 29.5. The maximum Gasteiger partial charge on any atom is 0.323 e. The number of anilines is 2. The predicted octanol–water partition coefficient (Wildman–Crippen LogP) is 4.84. The SMILES string of the molecule is Cc1ccc2nc(COc3ccccc3NC(=O)Nc3cccc(C)c3C)cc(=O)n2c1. The van der Waals surface area contributed by atoms with Gasteiger partial charge in [0.05, 0.1) is 11.4 Å². The molecule has 0 unspecified atom stereocenters. The van der Waals surface area contributed by atoms with Crippen LogP contribution in [0.3, 0.4) is 0 Å². The monoisotopic (exact) mass is 428 g/mol. The van der Waals surface area contributed by atoms with Gasteiger partial charge in [0.2, 0.25) is 0 Å². The number of carbonyl (C=O) groups excluding carboxylic acids is 1. The Bertz CT molecular complexity index is 1360. The van der Waals surface area contributed by atoms with Crippen LogP contribution in [0.5, 0.6) is 5.75 Å². The number of aromatic nitrogens is 2. The largest absolute Gasteiger partial charge is 0.485 e. The van der Waals surface area contributed by atoms with Gasteiger partial charge in [-0.15, -0.1) is 0 Å². The van der Waals surface area contributed by atoms with E-state index in [2.05, 4.69) is 15.6 Å². The lowest BCUT2D eigenvalue weighted by molar-refractivity contribution is 0.261. The molecule has 2 aromatic heterocycles. The normalized spacial score (nSPS) is 10.7. The minimum Gasteiger partial charge on any atom is -0.485 e. The summed E-state index contributed by atoms with van der Waals surface area (Å²) in [5.41, 5.74) is 5.24. The van der Waals surface area contributed by atoms with Crippen molar-refractivity contribution in [1.29, 1.82) is 0 Å². The minimum atomic E-state index is -0.368. The van der Waals surface area contributed by atoms with Gasteiger partial charge in [-0.25, -0.2) is 9.78 Å². The van der Waals surface area contributed by atoms with Gasteiger partial charge in [0.25, 0.3) is 5.56 Å². The molecule has 7 heteroatoms. The van der Waals surface area contributed by atoms with Gasteiger partial charge in [0, 0.05) is 18.0 Å². The van der Waals surface area contributed by atoms with E-state index < -0.39 is 0 Å². The van der Waals surface area contributed by atoms with Crippen LogP contribution in [0.25, 0.3) is 5.65 Å². The molecule has 2 N–H and O–H groups in total. The summed E-state index contributed by atoms with van der Waals surface area (Å²) >= 11 is 0. The predicted molar refractivity (Wildman–Crippen MR) is 126 cm³/mol. The van der Waals surface area contributed by atoms with Crippen LogP contribution in [0.1, 0.15) is 22.4 Å². The summed E-state index contributed by atoms with van der Waals surface area (Å²) in [6, 6.07) is 17.7. The lowest BCUT2D eigenvalue weighted by atomic mass is 10.1. The van der Waals surface area contributed by atoms with E-state index in [1.54, 1.807) is 24.4 Å². The van der Waals surface area contributed by atoms with Gasteiger partial charge in [0.1, 0.15) is 18.0 Å². The molecule has 0 spiro atoms. The first-order chi connectivity index (χ1) is 15.4. The number of fused-ring (bicyclic) bond motifs is 1. The van der Waals surface area contributed by atoms with Crippen molar-refractivity contribution in [2.45, 2.75) is 27.4 Å². The van der Waals surface area contributed by atoms with Gasteiger partial charge < -0.3 is 15.4 Å². The zero-order valence-electron chi connectivity index (χ0n) is 18.2. The van der Waals surface area contributed by atoms with Gasteiger partial charge in [-0.1, -0.05) is 30.3 Å². The number of nitrogens with one attached hydrogen (secondary N) is 2. The summed E-state index contributed by atoms with van der Waals surface area (Å²) in [6.07, 6.45) is 1.75.